The van der Waals surface area contributed by atoms with Crippen LogP contribution in [0.1, 0.15) is 26.3 Å². The van der Waals surface area contributed by atoms with Gasteiger partial charge in [0.1, 0.15) is 5.58 Å². The Bertz CT molecular complexity index is 2260. The molecule has 1 radical (unpaired) electrons. The molecule has 8 rings (SSSR count). The number of benzene rings is 4. The Morgan fingerprint density at radius 3 is 2.15 bits per heavy atom. The Kier molecular flexibility index (Phi) is 9.40. The van der Waals surface area contributed by atoms with Gasteiger partial charge in [-0.25, -0.2) is 0 Å². The van der Waals surface area contributed by atoms with Gasteiger partial charge in [0.2, 0.25) is 0 Å². The number of aromatic nitrogens is 3. The molecule has 4 nitrogen and oxygen atoms in total. The van der Waals surface area contributed by atoms with Crippen LogP contribution in [0.4, 0.5) is 0 Å². The van der Waals surface area contributed by atoms with Crippen LogP contribution < -0.4 is 0 Å². The minimum atomic E-state index is 0. The molecule has 4 aromatic heterocycles. The van der Waals surface area contributed by atoms with E-state index in [-0.39, 0.29) is 20.1 Å². The molecule has 0 spiro atoms. The third-order valence-corrected chi connectivity index (χ3v) is 7.87. The molecular formula is C42H33IrN3O-2. The second-order valence-corrected chi connectivity index (χ2v) is 12.6. The molecule has 0 bridgehead atoms. The molecule has 8 aromatic rings. The van der Waals surface area contributed by atoms with Crippen molar-refractivity contribution in [2.75, 3.05) is 0 Å². The topological polar surface area (TPSA) is 51.8 Å². The summed E-state index contributed by atoms with van der Waals surface area (Å²) in [6.45, 7) is 6.81. The maximum Gasteiger partial charge on any atom is 0.130 e. The van der Waals surface area contributed by atoms with Crippen LogP contribution in [0.25, 0.3) is 66.5 Å². The van der Waals surface area contributed by atoms with Crippen molar-refractivity contribution in [3.05, 3.63) is 152 Å². The molecule has 0 atom stereocenters. The van der Waals surface area contributed by atoms with Crippen LogP contribution in [-0.4, -0.2) is 15.0 Å². The summed E-state index contributed by atoms with van der Waals surface area (Å²) in [7, 11) is 0. The molecule has 5 heteroatoms. The van der Waals surface area contributed by atoms with E-state index in [0.29, 0.717) is 5.41 Å². The van der Waals surface area contributed by atoms with Gasteiger partial charge < -0.3 is 14.4 Å². The number of nitrogens with zero attached hydrogens (tertiary/aromatic N) is 3. The third kappa shape index (κ3) is 7.07. The van der Waals surface area contributed by atoms with E-state index in [0.717, 1.165) is 61.8 Å². The molecule has 4 heterocycles. The van der Waals surface area contributed by atoms with Gasteiger partial charge >= 0.3 is 0 Å². The fourth-order valence-electron chi connectivity index (χ4n) is 5.79. The summed E-state index contributed by atoms with van der Waals surface area (Å²) >= 11 is 0. The van der Waals surface area contributed by atoms with Crippen LogP contribution in [-0.2, 0) is 26.5 Å². The van der Waals surface area contributed by atoms with Gasteiger partial charge in [0.15, 0.2) is 0 Å². The zero-order valence-corrected chi connectivity index (χ0v) is 28.9. The Morgan fingerprint density at radius 1 is 0.596 bits per heavy atom. The van der Waals surface area contributed by atoms with E-state index in [4.69, 9.17) is 4.42 Å². The van der Waals surface area contributed by atoms with Crippen molar-refractivity contribution >= 4 is 32.8 Å². The van der Waals surface area contributed by atoms with E-state index in [1.165, 1.54) is 16.7 Å². The first kappa shape index (κ1) is 32.0. The van der Waals surface area contributed by atoms with Crippen LogP contribution in [0, 0.1) is 17.5 Å². The van der Waals surface area contributed by atoms with Gasteiger partial charge in [-0.2, -0.15) is 0 Å². The van der Waals surface area contributed by atoms with Gasteiger partial charge in [-0.3, -0.25) is 4.98 Å². The van der Waals surface area contributed by atoms with Crippen molar-refractivity contribution in [2.45, 2.75) is 27.2 Å². The summed E-state index contributed by atoms with van der Waals surface area (Å²) < 4.78 is 6.24. The van der Waals surface area contributed by atoms with E-state index in [9.17, 15) is 0 Å². The Hall–Kier alpha value is -4.96. The normalized spacial score (nSPS) is 11.2. The van der Waals surface area contributed by atoms with E-state index >= 15 is 0 Å². The number of rotatable bonds is 4. The van der Waals surface area contributed by atoms with Crippen LogP contribution in [0.2, 0.25) is 0 Å². The van der Waals surface area contributed by atoms with E-state index < -0.39 is 0 Å². The molecule has 47 heavy (non-hydrogen) atoms. The molecule has 0 aliphatic rings. The molecule has 0 N–H and O–H groups in total. The average molecular weight is 788 g/mol. The van der Waals surface area contributed by atoms with Crippen LogP contribution >= 0.6 is 0 Å². The predicted molar refractivity (Wildman–Crippen MR) is 188 cm³/mol. The molecule has 233 valence electrons. The summed E-state index contributed by atoms with van der Waals surface area (Å²) in [6.07, 6.45) is 6.54. The molecule has 0 aliphatic heterocycles. The van der Waals surface area contributed by atoms with Crippen molar-refractivity contribution in [2.24, 2.45) is 5.41 Å². The summed E-state index contributed by atoms with van der Waals surface area (Å²) in [5, 5.41) is 3.19. The molecule has 0 fully saturated rings. The number of pyridine rings is 3. The smallest absolute Gasteiger partial charge is 0.130 e. The quantitative estimate of drug-likeness (QED) is 0.167. The van der Waals surface area contributed by atoms with Crippen molar-refractivity contribution in [1.29, 1.82) is 0 Å². The van der Waals surface area contributed by atoms with Crippen molar-refractivity contribution in [1.82, 2.24) is 15.0 Å². The van der Waals surface area contributed by atoms with Crippen molar-refractivity contribution in [3.8, 4) is 33.6 Å². The monoisotopic (exact) mass is 788 g/mol. The summed E-state index contributed by atoms with van der Waals surface area (Å²) in [5.41, 5.74) is 10.5. The molecule has 0 aliphatic carbocycles. The molecular weight excluding hydrogens is 755 g/mol. The second kappa shape index (κ2) is 13.8. The SMILES string of the molecule is CC(C)(C)Cc1ccc(-c2ccnc(-c3[c-]cccc3)c2)cc1.[Ir].[c-]1ccc2c(oc3c4cccnc4ccc23)c1-c1ccccn1. The summed E-state index contributed by atoms with van der Waals surface area (Å²) in [4.78, 5) is 13.3. The van der Waals surface area contributed by atoms with Gasteiger partial charge in [-0.1, -0.05) is 74.2 Å². The fraction of sp³-hybridized carbons (Fsp3) is 0.119. The maximum absolute atomic E-state index is 6.24. The molecule has 0 amide bonds. The van der Waals surface area contributed by atoms with E-state index in [1.54, 1.807) is 12.4 Å². The number of fused-ring (bicyclic) bond motifs is 5. The van der Waals surface area contributed by atoms with Gasteiger partial charge in [-0.05, 0) is 76.3 Å². The Morgan fingerprint density at radius 2 is 1.38 bits per heavy atom. The first-order valence-electron chi connectivity index (χ1n) is 15.5. The van der Waals surface area contributed by atoms with E-state index in [1.807, 2.05) is 79.0 Å². The van der Waals surface area contributed by atoms with E-state index in [2.05, 4.69) is 90.3 Å². The van der Waals surface area contributed by atoms with Gasteiger partial charge in [-0.15, -0.1) is 54.1 Å². The number of hydrogen-bond acceptors (Lipinski definition) is 4. The van der Waals surface area contributed by atoms with Crippen LogP contribution in [0.3, 0.4) is 0 Å². The zero-order valence-electron chi connectivity index (χ0n) is 26.5. The fourth-order valence-corrected chi connectivity index (χ4v) is 5.79. The minimum absolute atomic E-state index is 0. The van der Waals surface area contributed by atoms with Gasteiger partial charge in [0, 0.05) is 49.5 Å². The molecule has 0 saturated carbocycles. The summed E-state index contributed by atoms with van der Waals surface area (Å²) in [6, 6.07) is 45.4. The summed E-state index contributed by atoms with van der Waals surface area (Å²) in [5.74, 6) is 0. The number of furan rings is 1. The first-order valence-corrected chi connectivity index (χ1v) is 15.5. The molecule has 4 aromatic carbocycles. The van der Waals surface area contributed by atoms with Gasteiger partial charge in [0.05, 0.1) is 11.1 Å². The first-order chi connectivity index (χ1) is 22.4. The predicted octanol–water partition coefficient (Wildman–Crippen LogP) is 10.8. The van der Waals surface area contributed by atoms with Crippen LogP contribution in [0.5, 0.6) is 0 Å². The molecule has 0 unspecified atom stereocenters. The molecule has 0 saturated heterocycles. The van der Waals surface area contributed by atoms with Crippen LogP contribution in [0.15, 0.2) is 138 Å². The Balaban J connectivity index is 0.000000161. The standard InChI is InChI=1S/C22H22N.C20H11N2O.Ir/c1-22(2,3)16-17-9-11-18(12-10-17)20-13-14-23-21(15-20)19-7-5-4-6-8-19;1-2-11-21-17(8-1)15-6-3-5-13-14-9-10-18-16(7-4-12-22-18)20(14)23-19(13)15;/h4-7,9-15H,16H2,1-3H3;1-5,7-12H;/q2*-1;. The zero-order chi connectivity index (χ0) is 31.5. The van der Waals surface area contributed by atoms with Gasteiger partial charge in [0.25, 0.3) is 0 Å². The minimum Gasteiger partial charge on any atom is -0.500 e. The van der Waals surface area contributed by atoms with Crippen molar-refractivity contribution in [3.63, 3.8) is 0 Å². The third-order valence-electron chi connectivity index (χ3n) is 7.87. The largest absolute Gasteiger partial charge is 0.500 e. The Labute approximate surface area is 288 Å². The second-order valence-electron chi connectivity index (χ2n) is 12.6. The van der Waals surface area contributed by atoms with Crippen molar-refractivity contribution < 1.29 is 24.5 Å². The average Bonchev–Trinajstić information content (AvgIpc) is 3.49. The number of hydrogen-bond donors (Lipinski definition) is 0. The maximum atomic E-state index is 6.24.